The number of rotatable bonds is 4. The third kappa shape index (κ3) is 4.56. The second kappa shape index (κ2) is 8.22. The molecule has 1 aromatic heterocycles. The maximum Gasteiger partial charge on any atom is 0.289 e. The van der Waals surface area contributed by atoms with Gasteiger partial charge in [-0.25, -0.2) is 4.39 Å². The second-order valence-electron chi connectivity index (χ2n) is 6.53. The van der Waals surface area contributed by atoms with Crippen molar-refractivity contribution in [2.75, 3.05) is 31.5 Å². The number of amides is 2. The molecule has 1 aromatic carbocycles. The number of nitrogens with zero attached hydrogens (tertiary/aromatic N) is 2. The topological polar surface area (TPSA) is 65.8 Å². The van der Waals surface area contributed by atoms with Crippen LogP contribution in [-0.4, -0.2) is 53.8 Å². The van der Waals surface area contributed by atoms with Crippen LogP contribution in [0, 0.1) is 12.7 Å². The van der Waals surface area contributed by atoms with E-state index < -0.39 is 11.9 Å². The molecule has 1 saturated heterocycles. The summed E-state index contributed by atoms with van der Waals surface area (Å²) in [7, 11) is 0. The molecule has 2 amide bonds. The minimum absolute atomic E-state index is 0.142. The first-order chi connectivity index (χ1) is 12.8. The molecule has 0 aliphatic carbocycles. The monoisotopic (exact) mass is 437 g/mol. The van der Waals surface area contributed by atoms with E-state index in [2.05, 4.69) is 21.2 Å². The fourth-order valence-corrected chi connectivity index (χ4v) is 3.34. The molecule has 2 aromatic rings. The smallest absolute Gasteiger partial charge is 0.289 e. The van der Waals surface area contributed by atoms with E-state index in [-0.39, 0.29) is 17.5 Å². The zero-order chi connectivity index (χ0) is 19.6. The van der Waals surface area contributed by atoms with Gasteiger partial charge in [-0.05, 0) is 44.2 Å². The molecule has 1 unspecified atom stereocenters. The van der Waals surface area contributed by atoms with Gasteiger partial charge in [0.2, 0.25) is 5.91 Å². The van der Waals surface area contributed by atoms with Crippen molar-refractivity contribution in [3.8, 4) is 0 Å². The van der Waals surface area contributed by atoms with E-state index in [1.165, 1.54) is 12.1 Å². The Labute approximate surface area is 165 Å². The Kier molecular flexibility index (Phi) is 5.96. The molecule has 0 saturated carbocycles. The lowest BCUT2D eigenvalue weighted by molar-refractivity contribution is -0.121. The van der Waals surface area contributed by atoms with Gasteiger partial charge in [0.25, 0.3) is 5.91 Å². The Morgan fingerprint density at radius 2 is 1.89 bits per heavy atom. The highest BCUT2D eigenvalue weighted by molar-refractivity contribution is 9.10. The maximum atomic E-state index is 13.9. The fourth-order valence-electron chi connectivity index (χ4n) is 3.01. The molecule has 1 atom stereocenters. The molecule has 8 heteroatoms. The number of halogens is 2. The highest BCUT2D eigenvalue weighted by atomic mass is 79.9. The molecule has 27 heavy (non-hydrogen) atoms. The van der Waals surface area contributed by atoms with Crippen LogP contribution in [0.3, 0.4) is 0 Å². The predicted octanol–water partition coefficient (Wildman–Crippen LogP) is 3.27. The molecule has 3 rings (SSSR count). The van der Waals surface area contributed by atoms with Crippen LogP contribution in [0.15, 0.2) is 39.2 Å². The summed E-state index contributed by atoms with van der Waals surface area (Å²) < 4.78 is 19.9. The standard InChI is InChI=1S/C19H21BrFN3O3/c1-12-3-6-17(27-12)19(26)24-9-7-23(8-10-24)13(2)18(25)22-16-5-4-14(20)11-15(16)21/h3-6,11,13H,7-10H2,1-2H3,(H,22,25). The van der Waals surface area contributed by atoms with E-state index >= 15 is 0 Å². The minimum Gasteiger partial charge on any atom is -0.456 e. The molecule has 1 fully saturated rings. The van der Waals surface area contributed by atoms with E-state index in [0.717, 1.165) is 0 Å². The normalized spacial score (nSPS) is 16.2. The Morgan fingerprint density at radius 1 is 1.19 bits per heavy atom. The number of carbonyl (C=O) groups is 2. The molecule has 1 aliphatic rings. The van der Waals surface area contributed by atoms with Gasteiger partial charge in [-0.1, -0.05) is 15.9 Å². The first-order valence-electron chi connectivity index (χ1n) is 8.71. The van der Waals surface area contributed by atoms with Crippen LogP contribution < -0.4 is 5.32 Å². The van der Waals surface area contributed by atoms with Crippen LogP contribution >= 0.6 is 15.9 Å². The largest absolute Gasteiger partial charge is 0.456 e. The van der Waals surface area contributed by atoms with E-state index in [4.69, 9.17) is 4.42 Å². The molecule has 0 bridgehead atoms. The molecule has 144 valence electrons. The van der Waals surface area contributed by atoms with Gasteiger partial charge in [0.1, 0.15) is 11.6 Å². The molecule has 6 nitrogen and oxygen atoms in total. The lowest BCUT2D eigenvalue weighted by Crippen LogP contribution is -2.54. The Morgan fingerprint density at radius 3 is 2.48 bits per heavy atom. The molecule has 1 aliphatic heterocycles. The summed E-state index contributed by atoms with van der Waals surface area (Å²) in [6, 6.07) is 7.50. The van der Waals surface area contributed by atoms with Gasteiger partial charge in [-0.2, -0.15) is 0 Å². The predicted molar refractivity (Wildman–Crippen MR) is 103 cm³/mol. The van der Waals surface area contributed by atoms with Crippen molar-refractivity contribution in [3.05, 3.63) is 52.1 Å². The van der Waals surface area contributed by atoms with Crippen molar-refractivity contribution >= 4 is 33.4 Å². The number of hydrogen-bond acceptors (Lipinski definition) is 4. The van der Waals surface area contributed by atoms with Crippen LogP contribution in [0.2, 0.25) is 0 Å². The summed E-state index contributed by atoms with van der Waals surface area (Å²) in [5.41, 5.74) is 0.150. The molecule has 2 heterocycles. The van der Waals surface area contributed by atoms with Crippen molar-refractivity contribution in [3.63, 3.8) is 0 Å². The van der Waals surface area contributed by atoms with Crippen LogP contribution in [0.1, 0.15) is 23.2 Å². The first kappa shape index (κ1) is 19.6. The summed E-state index contributed by atoms with van der Waals surface area (Å²) in [4.78, 5) is 28.6. The zero-order valence-electron chi connectivity index (χ0n) is 15.2. The zero-order valence-corrected chi connectivity index (χ0v) is 16.8. The molecular weight excluding hydrogens is 417 g/mol. The van der Waals surface area contributed by atoms with E-state index in [1.54, 1.807) is 36.9 Å². The number of hydrogen-bond donors (Lipinski definition) is 1. The van der Waals surface area contributed by atoms with Gasteiger partial charge < -0.3 is 14.6 Å². The number of furan rings is 1. The van der Waals surface area contributed by atoms with Gasteiger partial charge in [-0.3, -0.25) is 14.5 Å². The van der Waals surface area contributed by atoms with Gasteiger partial charge in [0.05, 0.1) is 11.7 Å². The Hall–Kier alpha value is -2.19. The lowest BCUT2D eigenvalue weighted by Gasteiger charge is -2.37. The van der Waals surface area contributed by atoms with Gasteiger partial charge in [-0.15, -0.1) is 0 Å². The fraction of sp³-hybridized carbons (Fsp3) is 0.368. The van der Waals surface area contributed by atoms with Crippen molar-refractivity contribution in [2.45, 2.75) is 19.9 Å². The SMILES string of the molecule is Cc1ccc(C(=O)N2CCN(C(C)C(=O)Nc3ccc(Br)cc3F)CC2)o1. The lowest BCUT2D eigenvalue weighted by atomic mass is 10.2. The average molecular weight is 438 g/mol. The Bertz CT molecular complexity index is 846. The third-order valence-corrected chi connectivity index (χ3v) is 5.16. The Balaban J connectivity index is 1.55. The number of aryl methyl sites for hydroxylation is 1. The summed E-state index contributed by atoms with van der Waals surface area (Å²) in [6.45, 7) is 5.69. The van der Waals surface area contributed by atoms with Crippen molar-refractivity contribution in [2.24, 2.45) is 0 Å². The number of nitrogens with one attached hydrogen (secondary N) is 1. The van der Waals surface area contributed by atoms with Gasteiger partial charge >= 0.3 is 0 Å². The first-order valence-corrected chi connectivity index (χ1v) is 9.50. The third-order valence-electron chi connectivity index (χ3n) is 4.67. The summed E-state index contributed by atoms with van der Waals surface area (Å²) in [6.07, 6.45) is 0. The number of carbonyl (C=O) groups excluding carboxylic acids is 2. The van der Waals surface area contributed by atoms with Crippen molar-refractivity contribution < 1.29 is 18.4 Å². The number of piperazine rings is 1. The van der Waals surface area contributed by atoms with E-state index in [0.29, 0.717) is 42.2 Å². The second-order valence-corrected chi connectivity index (χ2v) is 7.44. The van der Waals surface area contributed by atoms with Gasteiger partial charge in [0.15, 0.2) is 5.76 Å². The average Bonchev–Trinajstić information content (AvgIpc) is 3.09. The highest BCUT2D eigenvalue weighted by Gasteiger charge is 2.29. The summed E-state index contributed by atoms with van der Waals surface area (Å²) in [5, 5.41) is 2.63. The number of benzene rings is 1. The molecule has 1 N–H and O–H groups in total. The molecule has 0 spiro atoms. The van der Waals surface area contributed by atoms with E-state index in [9.17, 15) is 14.0 Å². The summed E-state index contributed by atoms with van der Waals surface area (Å²) in [5.74, 6) is 0.114. The van der Waals surface area contributed by atoms with Crippen LogP contribution in [-0.2, 0) is 4.79 Å². The highest BCUT2D eigenvalue weighted by Crippen LogP contribution is 2.20. The van der Waals surface area contributed by atoms with Crippen LogP contribution in [0.5, 0.6) is 0 Å². The van der Waals surface area contributed by atoms with Crippen molar-refractivity contribution in [1.82, 2.24) is 9.80 Å². The molecular formula is C19H21BrFN3O3. The van der Waals surface area contributed by atoms with Crippen LogP contribution in [0.25, 0.3) is 0 Å². The van der Waals surface area contributed by atoms with Gasteiger partial charge in [0, 0.05) is 30.7 Å². The van der Waals surface area contributed by atoms with E-state index in [1.807, 2.05) is 4.90 Å². The minimum atomic E-state index is -0.492. The van der Waals surface area contributed by atoms with Crippen LogP contribution in [0.4, 0.5) is 10.1 Å². The summed E-state index contributed by atoms with van der Waals surface area (Å²) >= 11 is 3.19. The molecule has 0 radical (unpaired) electrons. The quantitative estimate of drug-likeness (QED) is 0.796. The number of anilines is 1. The van der Waals surface area contributed by atoms with Crippen molar-refractivity contribution in [1.29, 1.82) is 0 Å². The maximum absolute atomic E-state index is 13.9.